The molecule has 2 rings (SSSR count). The van der Waals surface area contributed by atoms with Crippen molar-refractivity contribution in [2.45, 2.75) is 39.9 Å². The number of hydrogen-bond acceptors (Lipinski definition) is 4. The Hall–Kier alpha value is -1.63. The van der Waals surface area contributed by atoms with Crippen LogP contribution < -0.4 is 10.6 Å². The topological polar surface area (TPSA) is 52.1 Å². The molecule has 1 aliphatic heterocycles. The van der Waals surface area contributed by atoms with Gasteiger partial charge in [-0.1, -0.05) is 31.2 Å². The predicted octanol–water partition coefficient (Wildman–Crippen LogP) is 1.91. The van der Waals surface area contributed by atoms with E-state index in [-0.39, 0.29) is 6.04 Å². The fourth-order valence-corrected chi connectivity index (χ4v) is 3.29. The molecule has 1 aliphatic rings. The normalized spacial score (nSPS) is 17.7. The van der Waals surface area contributed by atoms with Crippen LogP contribution in [0.5, 0.6) is 0 Å². The van der Waals surface area contributed by atoms with Gasteiger partial charge in [0.15, 0.2) is 5.96 Å². The summed E-state index contributed by atoms with van der Waals surface area (Å²) in [5.74, 6) is 0.833. The Labute approximate surface area is 165 Å². The lowest BCUT2D eigenvalue weighted by molar-refractivity contribution is 0.132. The highest BCUT2D eigenvalue weighted by Gasteiger charge is 2.15. The first-order chi connectivity index (χ1) is 13.1. The highest BCUT2D eigenvalue weighted by atomic mass is 16.5. The van der Waals surface area contributed by atoms with Crippen LogP contribution in [-0.2, 0) is 17.8 Å². The third kappa shape index (κ3) is 7.87. The van der Waals surface area contributed by atoms with Gasteiger partial charge in [-0.15, -0.1) is 0 Å². The molecule has 0 amide bonds. The summed E-state index contributed by atoms with van der Waals surface area (Å²) in [6, 6.07) is 9.10. The number of likely N-dealkylation sites (N-methyl/N-ethyl adjacent to an activating group) is 1. The van der Waals surface area contributed by atoms with Gasteiger partial charge in [0.05, 0.1) is 13.2 Å². The maximum atomic E-state index is 5.18. The van der Waals surface area contributed by atoms with Crippen molar-refractivity contribution in [3.8, 4) is 0 Å². The molecule has 1 aromatic carbocycles. The molecule has 1 atom stereocenters. The number of nitrogens with zero attached hydrogens (tertiary/aromatic N) is 3. The van der Waals surface area contributed by atoms with Gasteiger partial charge in [-0.2, -0.15) is 0 Å². The molecule has 0 spiro atoms. The lowest BCUT2D eigenvalue weighted by atomic mass is 10.1. The average Bonchev–Trinajstić information content (AvgIpc) is 2.68. The van der Waals surface area contributed by atoms with Gasteiger partial charge in [-0.3, -0.25) is 4.90 Å². The molecule has 0 saturated carbocycles. The van der Waals surface area contributed by atoms with Crippen molar-refractivity contribution in [3.63, 3.8) is 0 Å². The number of guanidine groups is 1. The Kier molecular flexibility index (Phi) is 9.59. The Balaban J connectivity index is 1.84. The molecule has 27 heavy (non-hydrogen) atoms. The number of ether oxygens (including phenoxy) is 1. The first-order valence-electron chi connectivity index (χ1n) is 10.2. The Morgan fingerprint density at radius 2 is 1.70 bits per heavy atom. The minimum atomic E-state index is 0.225. The summed E-state index contributed by atoms with van der Waals surface area (Å²) >= 11 is 0. The highest BCUT2D eigenvalue weighted by Crippen LogP contribution is 2.11. The largest absolute Gasteiger partial charge is 0.383 e. The molecular formula is C21H37N5O. The fourth-order valence-electron chi connectivity index (χ4n) is 3.29. The molecule has 0 aliphatic carbocycles. The average molecular weight is 376 g/mol. The number of rotatable bonds is 9. The summed E-state index contributed by atoms with van der Waals surface area (Å²) in [6.07, 6.45) is 0. The van der Waals surface area contributed by atoms with E-state index < -0.39 is 0 Å². The molecule has 6 heteroatoms. The van der Waals surface area contributed by atoms with Crippen molar-refractivity contribution in [2.75, 3.05) is 53.0 Å². The van der Waals surface area contributed by atoms with Crippen LogP contribution in [0.4, 0.5) is 0 Å². The molecule has 152 valence electrons. The van der Waals surface area contributed by atoms with Crippen LogP contribution in [0.15, 0.2) is 29.3 Å². The van der Waals surface area contributed by atoms with Gasteiger partial charge in [0, 0.05) is 52.4 Å². The molecule has 1 fully saturated rings. The Bertz CT molecular complexity index is 552. The second-order valence-electron chi connectivity index (χ2n) is 7.22. The van der Waals surface area contributed by atoms with E-state index >= 15 is 0 Å². The number of hydrogen-bond donors (Lipinski definition) is 2. The van der Waals surface area contributed by atoms with E-state index in [1.54, 1.807) is 7.11 Å². The standard InChI is InChI=1S/C21H37N5O/c1-5-22-21(24-18(3)17-27-4)23-15-19-7-9-20(10-8-19)16-26-13-11-25(6-2)12-14-26/h7-10,18H,5-6,11-17H2,1-4H3,(H2,22,23,24). The Morgan fingerprint density at radius 3 is 2.30 bits per heavy atom. The molecule has 6 nitrogen and oxygen atoms in total. The van der Waals surface area contributed by atoms with Crippen LogP contribution in [0, 0.1) is 0 Å². The van der Waals surface area contributed by atoms with Gasteiger partial charge in [0.2, 0.25) is 0 Å². The van der Waals surface area contributed by atoms with Gasteiger partial charge in [0.25, 0.3) is 0 Å². The van der Waals surface area contributed by atoms with E-state index in [0.29, 0.717) is 13.2 Å². The number of piperazine rings is 1. The van der Waals surface area contributed by atoms with Crippen LogP contribution in [0.2, 0.25) is 0 Å². The zero-order chi connectivity index (χ0) is 19.5. The summed E-state index contributed by atoms with van der Waals surface area (Å²) in [6.45, 7) is 15.5. The van der Waals surface area contributed by atoms with Crippen molar-refractivity contribution < 1.29 is 4.74 Å². The first kappa shape index (κ1) is 21.7. The number of nitrogens with one attached hydrogen (secondary N) is 2. The summed E-state index contributed by atoms with van der Waals surface area (Å²) in [5.41, 5.74) is 2.61. The van der Waals surface area contributed by atoms with Crippen molar-refractivity contribution >= 4 is 5.96 Å². The lowest BCUT2D eigenvalue weighted by Gasteiger charge is -2.34. The lowest BCUT2D eigenvalue weighted by Crippen LogP contribution is -2.45. The van der Waals surface area contributed by atoms with E-state index in [2.05, 4.69) is 65.5 Å². The maximum absolute atomic E-state index is 5.18. The maximum Gasteiger partial charge on any atom is 0.191 e. The van der Waals surface area contributed by atoms with Crippen molar-refractivity contribution in [3.05, 3.63) is 35.4 Å². The van der Waals surface area contributed by atoms with E-state index in [1.807, 2.05) is 0 Å². The molecule has 0 aromatic heterocycles. The summed E-state index contributed by atoms with van der Waals surface area (Å²) in [7, 11) is 1.72. The number of benzene rings is 1. The van der Waals surface area contributed by atoms with E-state index in [0.717, 1.165) is 38.7 Å². The zero-order valence-corrected chi connectivity index (χ0v) is 17.5. The molecule has 0 radical (unpaired) electrons. The van der Waals surface area contributed by atoms with Crippen molar-refractivity contribution in [1.29, 1.82) is 0 Å². The second kappa shape index (κ2) is 12.0. The summed E-state index contributed by atoms with van der Waals surface area (Å²) in [4.78, 5) is 9.75. The van der Waals surface area contributed by atoms with Gasteiger partial charge < -0.3 is 20.3 Å². The van der Waals surface area contributed by atoms with E-state index in [4.69, 9.17) is 9.73 Å². The second-order valence-corrected chi connectivity index (χ2v) is 7.22. The number of aliphatic imine (C=N–C) groups is 1. The van der Waals surface area contributed by atoms with E-state index in [1.165, 1.54) is 24.2 Å². The van der Waals surface area contributed by atoms with Gasteiger partial charge in [0.1, 0.15) is 0 Å². The van der Waals surface area contributed by atoms with Crippen molar-refractivity contribution in [1.82, 2.24) is 20.4 Å². The molecular weight excluding hydrogens is 338 g/mol. The summed E-state index contributed by atoms with van der Waals surface area (Å²) in [5, 5.41) is 6.65. The highest BCUT2D eigenvalue weighted by molar-refractivity contribution is 5.80. The first-order valence-corrected chi connectivity index (χ1v) is 10.2. The minimum absolute atomic E-state index is 0.225. The zero-order valence-electron chi connectivity index (χ0n) is 17.5. The molecule has 0 bridgehead atoms. The smallest absolute Gasteiger partial charge is 0.191 e. The van der Waals surface area contributed by atoms with Crippen LogP contribution in [-0.4, -0.2) is 74.8 Å². The molecule has 1 unspecified atom stereocenters. The molecule has 1 aromatic rings. The van der Waals surface area contributed by atoms with E-state index in [9.17, 15) is 0 Å². The van der Waals surface area contributed by atoms with Crippen molar-refractivity contribution in [2.24, 2.45) is 4.99 Å². The Morgan fingerprint density at radius 1 is 1.07 bits per heavy atom. The van der Waals surface area contributed by atoms with Crippen LogP contribution >= 0.6 is 0 Å². The number of methoxy groups -OCH3 is 1. The summed E-state index contributed by atoms with van der Waals surface area (Å²) < 4.78 is 5.18. The monoisotopic (exact) mass is 375 g/mol. The third-order valence-electron chi connectivity index (χ3n) is 4.91. The minimum Gasteiger partial charge on any atom is -0.383 e. The third-order valence-corrected chi connectivity index (χ3v) is 4.91. The quantitative estimate of drug-likeness (QED) is 0.510. The van der Waals surface area contributed by atoms with Gasteiger partial charge >= 0.3 is 0 Å². The predicted molar refractivity (Wildman–Crippen MR) is 113 cm³/mol. The van der Waals surface area contributed by atoms with Crippen LogP contribution in [0.1, 0.15) is 31.9 Å². The molecule has 2 N–H and O–H groups in total. The molecule has 1 heterocycles. The van der Waals surface area contributed by atoms with Gasteiger partial charge in [-0.25, -0.2) is 4.99 Å². The van der Waals surface area contributed by atoms with Gasteiger partial charge in [-0.05, 0) is 31.5 Å². The van der Waals surface area contributed by atoms with Crippen LogP contribution in [0.25, 0.3) is 0 Å². The molecule has 1 saturated heterocycles. The van der Waals surface area contributed by atoms with Crippen LogP contribution in [0.3, 0.4) is 0 Å². The SMILES string of the molecule is CCNC(=NCc1ccc(CN2CCN(CC)CC2)cc1)NC(C)COC. The fraction of sp³-hybridized carbons (Fsp3) is 0.667.